The van der Waals surface area contributed by atoms with Gasteiger partial charge in [0.25, 0.3) is 0 Å². The molecule has 0 amide bonds. The molecule has 32 nitrogen and oxygen atoms in total. The molecule has 28 rings (SSSR count). The minimum atomic E-state index is -0.283. The number of anilines is 8. The number of fused-ring (bicyclic) bond motifs is 16. The quantitative estimate of drug-likeness (QED) is 0.0310. The molecule has 4 aliphatic heterocycles. The van der Waals surface area contributed by atoms with Gasteiger partial charge in [0.15, 0.2) is 23.0 Å². The Morgan fingerprint density at radius 1 is 0.370 bits per heavy atom. The Labute approximate surface area is 794 Å². The molecule has 12 fully saturated rings. The first kappa shape index (κ1) is 86.3. The van der Waals surface area contributed by atoms with E-state index in [-0.39, 0.29) is 76.9 Å². The van der Waals surface area contributed by atoms with Gasteiger partial charge in [-0.05, 0) is 231 Å². The van der Waals surface area contributed by atoms with Crippen molar-refractivity contribution in [3.05, 3.63) is 190 Å². The first-order valence-electron chi connectivity index (χ1n) is 48.9. The molecule has 2 bridgehead atoms. The Balaban J connectivity index is 0.0000000975. The summed E-state index contributed by atoms with van der Waals surface area (Å²) in [6, 6.07) is 14.4. The second-order valence-electron chi connectivity index (χ2n) is 40.5. The van der Waals surface area contributed by atoms with Gasteiger partial charge >= 0.3 is 24.0 Å². The van der Waals surface area contributed by atoms with Crippen LogP contribution < -0.4 is 82.7 Å². The minimum Gasteiger partial charge on any atom is -0.421 e. The maximum absolute atomic E-state index is 14.6. The van der Waals surface area contributed by atoms with Gasteiger partial charge < -0.3 is 82.7 Å². The zero-order valence-electron chi connectivity index (χ0n) is 77.3. The van der Waals surface area contributed by atoms with E-state index in [2.05, 4.69) is 80.7 Å². The molecule has 138 heavy (non-hydrogen) atoms. The topological polar surface area (TPSA) is 408 Å². The highest BCUT2D eigenvalue weighted by molar-refractivity contribution is 5.92. The molecule has 12 aromatic rings. The fraction of sp³-hybridized carbons (Fsp3) is 0.451. The zero-order valence-corrected chi connectivity index (χ0v) is 77.3. The average molecular weight is 1870 g/mol. The van der Waals surface area contributed by atoms with Crippen LogP contribution in [0.25, 0.3) is 44.5 Å². The highest BCUT2D eigenvalue weighted by Crippen LogP contribution is 2.57. The van der Waals surface area contributed by atoms with Crippen LogP contribution in [0.15, 0.2) is 98.1 Å². The van der Waals surface area contributed by atoms with E-state index in [1.807, 2.05) is 28.2 Å². The van der Waals surface area contributed by atoms with E-state index in [0.29, 0.717) is 108 Å². The third-order valence-electron chi connectivity index (χ3n) is 31.9. The molecule has 12 N–H and O–H groups in total. The van der Waals surface area contributed by atoms with Gasteiger partial charge in [-0.3, -0.25) is 0 Å². The maximum atomic E-state index is 14.6. The molecule has 12 heterocycles. The Hall–Kier alpha value is -13.3. The Morgan fingerprint density at radius 2 is 0.710 bits per heavy atom. The summed E-state index contributed by atoms with van der Waals surface area (Å²) >= 11 is 0. The predicted molar refractivity (Wildman–Crippen MR) is 512 cm³/mol. The van der Waals surface area contributed by atoms with Crippen molar-refractivity contribution in [3.8, 4) is 91.5 Å². The van der Waals surface area contributed by atoms with Crippen molar-refractivity contribution in [1.82, 2.24) is 79.7 Å². The second kappa shape index (κ2) is 34.1. The first-order valence-corrected chi connectivity index (χ1v) is 48.9. The van der Waals surface area contributed by atoms with Crippen LogP contribution >= 0.6 is 0 Å². The average Bonchev–Trinajstić information content (AvgIpc) is 1.40. The molecule has 16 aliphatic rings. The van der Waals surface area contributed by atoms with Crippen molar-refractivity contribution in [1.29, 1.82) is 0 Å². The number of piperidine rings is 1. The van der Waals surface area contributed by atoms with Crippen LogP contribution in [0.1, 0.15) is 188 Å². The number of hydrogen-bond acceptors (Lipinski definition) is 32. The summed E-state index contributed by atoms with van der Waals surface area (Å²) in [4.78, 5) is 83.2. The fourth-order valence-corrected chi connectivity index (χ4v) is 23.7. The molecule has 4 aromatic carbocycles. The molecule has 8 unspecified atom stereocenters. The lowest BCUT2D eigenvalue weighted by Crippen LogP contribution is -2.69. The molecular formula is C102H108F4N28O4. The molecule has 10 atom stereocenters. The minimum absolute atomic E-state index is 0.125. The third kappa shape index (κ3) is 15.7. The van der Waals surface area contributed by atoms with Gasteiger partial charge in [0, 0.05) is 198 Å². The van der Waals surface area contributed by atoms with Gasteiger partial charge in [-0.1, -0.05) is 0 Å². The lowest BCUT2D eigenvalue weighted by molar-refractivity contribution is 0.0558. The third-order valence-corrected chi connectivity index (χ3v) is 31.9. The van der Waals surface area contributed by atoms with Gasteiger partial charge in [-0.2, -0.15) is 39.9 Å². The molecule has 4 saturated heterocycles. The maximum Gasteiger partial charge on any atom is 0.324 e. The number of hydrogen-bond donors (Lipinski definition) is 8. The number of rotatable bonds is 21. The van der Waals surface area contributed by atoms with Crippen LogP contribution in [0.2, 0.25) is 0 Å². The Kier molecular flexibility index (Phi) is 21.3. The highest BCUT2D eigenvalue weighted by Gasteiger charge is 2.55. The summed E-state index contributed by atoms with van der Waals surface area (Å²) in [5.41, 5.74) is 43.0. The molecule has 8 aromatic heterocycles. The lowest BCUT2D eigenvalue weighted by atomic mass is 9.60. The fourth-order valence-electron chi connectivity index (χ4n) is 23.7. The molecule has 36 heteroatoms. The monoisotopic (exact) mass is 1860 g/mol. The van der Waals surface area contributed by atoms with Gasteiger partial charge in [-0.25, -0.2) is 57.4 Å². The Bertz CT molecular complexity index is 6830. The van der Waals surface area contributed by atoms with Crippen LogP contribution in [-0.2, 0) is 25.7 Å². The van der Waals surface area contributed by atoms with Crippen molar-refractivity contribution in [2.45, 2.75) is 170 Å². The summed E-state index contributed by atoms with van der Waals surface area (Å²) in [7, 11) is 7.24. The molecule has 0 radical (unpaired) electrons. The number of benzene rings is 4. The number of ether oxygens (including phenoxy) is 4. The Morgan fingerprint density at radius 3 is 1.01 bits per heavy atom. The number of aromatic nitrogens is 16. The van der Waals surface area contributed by atoms with Crippen LogP contribution in [0.5, 0.6) is 47.0 Å². The van der Waals surface area contributed by atoms with Crippen molar-refractivity contribution >= 4 is 46.0 Å². The van der Waals surface area contributed by atoms with E-state index in [1.54, 1.807) is 79.9 Å². The summed E-state index contributed by atoms with van der Waals surface area (Å²) < 4.78 is 82.3. The summed E-state index contributed by atoms with van der Waals surface area (Å²) in [6.45, 7) is 6.82. The number of nitrogens with zero attached hydrogens (tertiary/aromatic N) is 20. The predicted octanol–water partition coefficient (Wildman–Crippen LogP) is 14.8. The van der Waals surface area contributed by atoms with Gasteiger partial charge in [0.2, 0.25) is 0 Å². The van der Waals surface area contributed by atoms with E-state index in [9.17, 15) is 17.6 Å². The van der Waals surface area contributed by atoms with Crippen molar-refractivity contribution in [2.75, 3.05) is 121 Å². The molecule has 708 valence electrons. The SMILES string of the molecule is CNc1cc(F)cc2c1Cc1nc(Oc3cnc(C4CC4)nc3)nc(N3CC4(CC[C@H]4N)C3)c1-2.CNc1cc(F)cc2c1Cc1nc(Oc3cnc(C4CC4)nc3)nc(N3CC4CCC(CN)C4C3)c1-2.CNc1cc(F)cc2c1Cc1nc(Oc3cnc(C4CC4)nc3)nc(N3CC4CCC3C4N)c1-2.CNc1cc(F)cc2c1Cc1nc(Oc3cnc(C4CC4)nc3)nc(N3CC4C[C@@H](N)C4C3)c1-2. The number of nitrogens with two attached hydrogens (primary N) is 4. The van der Waals surface area contributed by atoms with Crippen molar-refractivity contribution < 1.29 is 36.5 Å². The first-order chi connectivity index (χ1) is 67.3. The smallest absolute Gasteiger partial charge is 0.324 e. The van der Waals surface area contributed by atoms with Gasteiger partial charge in [0.05, 0.1) is 72.4 Å². The molecule has 1 spiro atoms. The number of halogens is 4. The summed E-state index contributed by atoms with van der Waals surface area (Å²) in [6.07, 6.45) is 32.9. The van der Waals surface area contributed by atoms with Crippen molar-refractivity contribution in [3.63, 3.8) is 0 Å². The molecule has 8 saturated carbocycles. The standard InChI is InChI=1S/C27H30FN7O.3C25H26FN7O/c1-30-22-7-17(28)6-20-19(22)8-23-24(20)26(35-12-16-5-4-15(9-29)21(16)13-35)34-27(33-23)36-18-10-31-25(32-11-18)14-2-3-14;1-28-20-6-14(26)5-17-16(20)7-21-22(17)24(33-10-13-4-19(27)18(13)11-33)32-25(31-21)34-15-8-29-23(30-9-15)12-2-3-12;1-28-18-7-14(26)6-17-16(18)8-19-21(17)23(33-11-25(12-33)5-4-20(25)27)32-24(31-19)34-15-9-29-22(30-10-15)13-2-3-13;1-28-18-7-14(26)6-17-16(18)8-19-21(17)24(33-11-13-4-5-20(33)22(13)27)32-25(31-19)34-15-9-29-23(30-10-15)12-2-3-12/h6-7,10-11,14-16,21,30H,2-5,8-9,12-13,29H2,1H3;5-6,8-9,12-13,18-19,28H,2-4,7,10-11,27H2,1H3;6-7,9-10,13,20,28H,2-5,8,11-12,27H2,1H3;6-7,9-10,12-13,20,22,28H,2-5,8,11,27H2,1H3/t;13?,18?,19-;20-;/m.11./s1. The van der Waals surface area contributed by atoms with Crippen LogP contribution in [0.3, 0.4) is 0 Å². The zero-order chi connectivity index (χ0) is 93.4. The van der Waals surface area contributed by atoms with Crippen molar-refractivity contribution in [2.24, 2.45) is 63.9 Å². The normalized spacial score (nSPS) is 23.5. The van der Waals surface area contributed by atoms with Gasteiger partial charge in [-0.15, -0.1) is 0 Å². The van der Waals surface area contributed by atoms with Crippen LogP contribution in [-0.4, -0.2) is 184 Å². The van der Waals surface area contributed by atoms with E-state index in [4.69, 9.17) is 81.8 Å². The van der Waals surface area contributed by atoms with Gasteiger partial charge in [0.1, 0.15) is 69.8 Å². The lowest BCUT2D eigenvalue weighted by Gasteiger charge is -2.60. The highest BCUT2D eigenvalue weighted by atomic mass is 19.1. The van der Waals surface area contributed by atoms with E-state index in [1.165, 1.54) is 31.0 Å². The summed E-state index contributed by atoms with van der Waals surface area (Å²) in [5, 5.41) is 12.5. The molecular weight excluding hydrogens is 1760 g/mol. The van der Waals surface area contributed by atoms with Crippen LogP contribution in [0, 0.1) is 64.2 Å². The van der Waals surface area contributed by atoms with E-state index < -0.39 is 0 Å². The number of nitrogens with one attached hydrogen (secondary N) is 4. The summed E-state index contributed by atoms with van der Waals surface area (Å²) in [5.74, 6) is 12.7. The molecule has 12 aliphatic carbocycles. The second-order valence-corrected chi connectivity index (χ2v) is 40.5. The van der Waals surface area contributed by atoms with E-state index in [0.717, 1.165) is 295 Å². The largest absolute Gasteiger partial charge is 0.421 e. The van der Waals surface area contributed by atoms with Crippen LogP contribution in [0.4, 0.5) is 63.6 Å². The van der Waals surface area contributed by atoms with E-state index >= 15 is 0 Å².